The Morgan fingerprint density at radius 2 is 1.39 bits per heavy atom. The van der Waals surface area contributed by atoms with Gasteiger partial charge in [-0.25, -0.2) is 4.39 Å². The Balaban J connectivity index is 2.33. The third kappa shape index (κ3) is 4.40. The molecule has 2 nitrogen and oxygen atoms in total. The molecule has 28 heavy (non-hydrogen) atoms. The highest BCUT2D eigenvalue weighted by molar-refractivity contribution is 5.40. The van der Waals surface area contributed by atoms with Crippen LogP contribution in [0.1, 0.15) is 23.6 Å². The second-order valence-corrected chi connectivity index (χ2v) is 6.69. The molecule has 0 bridgehead atoms. The van der Waals surface area contributed by atoms with Crippen LogP contribution in [0.5, 0.6) is 5.75 Å². The van der Waals surface area contributed by atoms with Gasteiger partial charge in [0.1, 0.15) is 11.6 Å². The highest BCUT2D eigenvalue weighted by atomic mass is 19.4. The van der Waals surface area contributed by atoms with Crippen LogP contribution in [0.2, 0.25) is 0 Å². The Bertz CT molecular complexity index is 797. The van der Waals surface area contributed by atoms with E-state index in [1.807, 2.05) is 0 Å². The fraction of sp³-hybridized carbons (Fsp3) is 0.368. The molecule has 1 unspecified atom stereocenters. The third-order valence-electron chi connectivity index (χ3n) is 4.38. The van der Waals surface area contributed by atoms with Crippen LogP contribution in [0.25, 0.3) is 0 Å². The zero-order valence-corrected chi connectivity index (χ0v) is 14.6. The number of rotatable bonds is 5. The van der Waals surface area contributed by atoms with Gasteiger partial charge in [-0.1, -0.05) is 25.1 Å². The normalized spacial score (nSPS) is 14.2. The van der Waals surface area contributed by atoms with Crippen LogP contribution < -0.4 is 0 Å². The molecule has 0 fully saturated rings. The maximum atomic E-state index is 13.0. The van der Waals surface area contributed by atoms with E-state index in [0.29, 0.717) is 30.2 Å². The van der Waals surface area contributed by atoms with Crippen molar-refractivity contribution in [3.05, 3.63) is 65.0 Å². The molecular formula is C19H17F7O2. The Kier molecular flexibility index (Phi) is 5.98. The summed E-state index contributed by atoms with van der Waals surface area (Å²) in [4.78, 5) is 0. The minimum absolute atomic E-state index is 0.0527. The van der Waals surface area contributed by atoms with Crippen LogP contribution in [-0.4, -0.2) is 22.6 Å². The average Bonchev–Trinajstić information content (AvgIpc) is 2.56. The summed E-state index contributed by atoms with van der Waals surface area (Å²) in [6.07, 6.45) is -11.7. The molecule has 0 aliphatic carbocycles. The number of benzene rings is 2. The minimum atomic E-state index is -6.00. The molecule has 1 atom stereocenters. The minimum Gasteiger partial charge on any atom is -0.508 e. The predicted molar refractivity (Wildman–Crippen MR) is 87.1 cm³/mol. The summed E-state index contributed by atoms with van der Waals surface area (Å²) < 4.78 is 91.2. The second kappa shape index (κ2) is 7.62. The lowest BCUT2D eigenvalue weighted by atomic mass is 9.87. The monoisotopic (exact) mass is 410 g/mol. The molecule has 0 saturated heterocycles. The van der Waals surface area contributed by atoms with Gasteiger partial charge in [-0.05, 0) is 54.2 Å². The lowest BCUT2D eigenvalue weighted by Gasteiger charge is -2.33. The quantitative estimate of drug-likeness (QED) is 0.660. The van der Waals surface area contributed by atoms with Crippen molar-refractivity contribution in [2.75, 3.05) is 0 Å². The first-order valence-electron chi connectivity index (χ1n) is 8.18. The molecule has 0 radical (unpaired) electrons. The lowest BCUT2D eigenvalue weighted by molar-refractivity contribution is -0.376. The molecule has 2 aromatic carbocycles. The molecule has 2 N–H and O–H groups in total. The Hall–Kier alpha value is -2.29. The molecule has 2 aromatic rings. The fourth-order valence-electron chi connectivity index (χ4n) is 2.93. The zero-order valence-electron chi connectivity index (χ0n) is 14.6. The van der Waals surface area contributed by atoms with Crippen molar-refractivity contribution in [3.63, 3.8) is 0 Å². The van der Waals surface area contributed by atoms with Gasteiger partial charge in [0.15, 0.2) is 0 Å². The molecule has 0 saturated carbocycles. The van der Waals surface area contributed by atoms with Gasteiger partial charge in [0.05, 0.1) is 0 Å². The molecule has 0 spiro atoms. The average molecular weight is 410 g/mol. The summed E-state index contributed by atoms with van der Waals surface area (Å²) in [5.74, 6) is -1.22. The van der Waals surface area contributed by atoms with Crippen molar-refractivity contribution in [2.45, 2.75) is 37.7 Å². The van der Waals surface area contributed by atoms with Crippen molar-refractivity contribution in [1.29, 1.82) is 0 Å². The van der Waals surface area contributed by atoms with E-state index in [0.717, 1.165) is 0 Å². The molecular weight excluding hydrogens is 393 g/mol. The molecule has 0 aliphatic heterocycles. The van der Waals surface area contributed by atoms with Crippen molar-refractivity contribution in [2.24, 2.45) is 5.92 Å². The summed E-state index contributed by atoms with van der Waals surface area (Å²) in [7, 11) is 0. The van der Waals surface area contributed by atoms with Gasteiger partial charge in [0.2, 0.25) is 0 Å². The van der Waals surface area contributed by atoms with Gasteiger partial charge in [-0.2, -0.15) is 26.3 Å². The largest absolute Gasteiger partial charge is 0.508 e. The number of aromatic hydroxyl groups is 1. The van der Waals surface area contributed by atoms with Crippen molar-refractivity contribution >= 4 is 0 Å². The van der Waals surface area contributed by atoms with Gasteiger partial charge < -0.3 is 10.2 Å². The molecule has 154 valence electrons. The number of phenols is 1. The van der Waals surface area contributed by atoms with Crippen LogP contribution in [0.15, 0.2) is 42.5 Å². The fourth-order valence-corrected chi connectivity index (χ4v) is 2.93. The van der Waals surface area contributed by atoms with Crippen molar-refractivity contribution < 1.29 is 40.9 Å². The Labute approximate surface area is 156 Å². The molecule has 0 aliphatic rings. The van der Waals surface area contributed by atoms with Gasteiger partial charge in [-0.15, -0.1) is 0 Å². The molecule has 0 aromatic heterocycles. The topological polar surface area (TPSA) is 40.5 Å². The molecule has 0 heterocycles. The van der Waals surface area contributed by atoms with Gasteiger partial charge in [0, 0.05) is 5.56 Å². The lowest BCUT2D eigenvalue weighted by Crippen LogP contribution is -2.53. The number of hydrogen-bond donors (Lipinski definition) is 2. The summed E-state index contributed by atoms with van der Waals surface area (Å²) in [5.41, 5.74) is -5.93. The molecule has 2 rings (SSSR count). The molecule has 0 amide bonds. The van der Waals surface area contributed by atoms with E-state index in [4.69, 9.17) is 0 Å². The standard InChI is InChI=1S/C19H17F7O2/c1-11(8-12-2-5-15(20)6-3-12)9-13-10-14(4-7-16(13)27)17(28,18(21,22)23)19(24,25)26/h2-7,10-11,27-28H,8-9H2,1H3. The van der Waals surface area contributed by atoms with E-state index in [-0.39, 0.29) is 17.9 Å². The highest BCUT2D eigenvalue weighted by Crippen LogP contribution is 2.50. The van der Waals surface area contributed by atoms with Crippen molar-refractivity contribution in [1.82, 2.24) is 0 Å². The summed E-state index contributed by atoms with van der Waals surface area (Å²) >= 11 is 0. The smallest absolute Gasteiger partial charge is 0.430 e. The van der Waals surface area contributed by atoms with Crippen molar-refractivity contribution in [3.8, 4) is 5.75 Å². The number of aliphatic hydroxyl groups is 1. The number of alkyl halides is 6. The molecule has 9 heteroatoms. The van der Waals surface area contributed by atoms with Crippen LogP contribution in [0.3, 0.4) is 0 Å². The maximum absolute atomic E-state index is 13.0. The van der Waals surface area contributed by atoms with E-state index >= 15 is 0 Å². The SMILES string of the molecule is CC(Cc1ccc(F)cc1)Cc1cc(C(O)(C(F)(F)F)C(F)(F)F)ccc1O. The maximum Gasteiger partial charge on any atom is 0.430 e. The van der Waals surface area contributed by atoms with E-state index in [2.05, 4.69) is 0 Å². The number of halogens is 7. The third-order valence-corrected chi connectivity index (χ3v) is 4.38. The van der Waals surface area contributed by atoms with Gasteiger partial charge >= 0.3 is 12.4 Å². The van der Waals surface area contributed by atoms with Crippen LogP contribution in [0, 0.1) is 11.7 Å². The second-order valence-electron chi connectivity index (χ2n) is 6.69. The first-order valence-corrected chi connectivity index (χ1v) is 8.18. The van der Waals surface area contributed by atoms with Gasteiger partial charge in [-0.3, -0.25) is 0 Å². The number of phenolic OH excluding ortho intramolecular Hbond substituents is 1. The highest BCUT2D eigenvalue weighted by Gasteiger charge is 2.71. The first-order chi connectivity index (χ1) is 12.8. The predicted octanol–water partition coefficient (Wildman–Crippen LogP) is 5.26. The Morgan fingerprint density at radius 3 is 1.89 bits per heavy atom. The summed E-state index contributed by atoms with van der Waals surface area (Å²) in [6.45, 7) is 1.68. The van der Waals surface area contributed by atoms with E-state index in [1.54, 1.807) is 6.92 Å². The summed E-state index contributed by atoms with van der Waals surface area (Å²) in [5, 5.41) is 19.4. The van der Waals surface area contributed by atoms with Crippen LogP contribution in [0.4, 0.5) is 30.7 Å². The first kappa shape index (κ1) is 22.0. The summed E-state index contributed by atoms with van der Waals surface area (Å²) in [6, 6.07) is 7.07. The van der Waals surface area contributed by atoms with E-state index in [9.17, 15) is 40.9 Å². The van der Waals surface area contributed by atoms with Crippen LogP contribution in [-0.2, 0) is 18.4 Å². The van der Waals surface area contributed by atoms with Gasteiger partial charge in [0.25, 0.3) is 5.60 Å². The zero-order chi connectivity index (χ0) is 21.3. The Morgan fingerprint density at radius 1 is 0.857 bits per heavy atom. The van der Waals surface area contributed by atoms with Crippen LogP contribution >= 0.6 is 0 Å². The number of hydrogen-bond acceptors (Lipinski definition) is 2. The van der Waals surface area contributed by atoms with E-state index < -0.39 is 35.1 Å². The van der Waals surface area contributed by atoms with E-state index in [1.165, 1.54) is 24.3 Å².